The molecule has 0 unspecified atom stereocenters. The van der Waals surface area contributed by atoms with Crippen molar-refractivity contribution >= 4 is 33.9 Å². The van der Waals surface area contributed by atoms with Crippen LogP contribution in [0.1, 0.15) is 22.8 Å². The van der Waals surface area contributed by atoms with Gasteiger partial charge in [-0.3, -0.25) is 0 Å². The molecule has 0 fully saturated rings. The van der Waals surface area contributed by atoms with Crippen molar-refractivity contribution in [3.05, 3.63) is 69.7 Å². The molecule has 6 heteroatoms. The van der Waals surface area contributed by atoms with Crippen LogP contribution in [0, 0.1) is 11.3 Å². The van der Waals surface area contributed by atoms with Gasteiger partial charge in [0.25, 0.3) is 0 Å². The van der Waals surface area contributed by atoms with Crippen molar-refractivity contribution in [1.82, 2.24) is 0 Å². The summed E-state index contributed by atoms with van der Waals surface area (Å²) in [6.45, 7) is 1.86. The maximum Gasteiger partial charge on any atom is 0.348 e. The summed E-state index contributed by atoms with van der Waals surface area (Å²) in [5.41, 5.74) is 0.944. The van der Waals surface area contributed by atoms with Gasteiger partial charge in [-0.15, -0.1) is 0 Å². The first-order valence-corrected chi connectivity index (χ1v) is 8.19. The van der Waals surface area contributed by atoms with Crippen LogP contribution in [0.5, 0.6) is 5.75 Å². The molecule has 2 rings (SSSR count). The van der Waals surface area contributed by atoms with Crippen molar-refractivity contribution in [3.63, 3.8) is 0 Å². The van der Waals surface area contributed by atoms with E-state index in [1.54, 1.807) is 55.5 Å². The number of ether oxygens (including phenoxy) is 2. The van der Waals surface area contributed by atoms with E-state index in [-0.39, 0.29) is 12.2 Å². The molecule has 126 valence electrons. The molecule has 0 amide bonds. The van der Waals surface area contributed by atoms with Crippen LogP contribution in [0.2, 0.25) is 0 Å². The van der Waals surface area contributed by atoms with Crippen LogP contribution in [0.15, 0.2) is 58.6 Å². The van der Waals surface area contributed by atoms with Gasteiger partial charge in [-0.25, -0.2) is 9.59 Å². The van der Waals surface area contributed by atoms with Crippen molar-refractivity contribution in [2.24, 2.45) is 0 Å². The van der Waals surface area contributed by atoms with E-state index in [2.05, 4.69) is 15.9 Å². The van der Waals surface area contributed by atoms with Crippen LogP contribution in [-0.2, 0) is 9.53 Å². The predicted octanol–water partition coefficient (Wildman–Crippen LogP) is 4.14. The average Bonchev–Trinajstić information content (AvgIpc) is 2.61. The van der Waals surface area contributed by atoms with Crippen LogP contribution in [-0.4, -0.2) is 18.5 Å². The number of nitriles is 1. The largest absolute Gasteiger partial charge is 0.462 e. The maximum atomic E-state index is 12.1. The Morgan fingerprint density at radius 2 is 1.92 bits per heavy atom. The van der Waals surface area contributed by atoms with Gasteiger partial charge >= 0.3 is 11.9 Å². The lowest BCUT2D eigenvalue weighted by molar-refractivity contribution is -0.137. The Morgan fingerprint density at radius 3 is 2.52 bits per heavy atom. The number of rotatable bonds is 5. The third-order valence-electron chi connectivity index (χ3n) is 3.08. The fourth-order valence-corrected chi connectivity index (χ4v) is 2.33. The zero-order valence-corrected chi connectivity index (χ0v) is 14.9. The van der Waals surface area contributed by atoms with E-state index < -0.39 is 11.9 Å². The second-order valence-corrected chi connectivity index (χ2v) is 5.77. The van der Waals surface area contributed by atoms with Crippen molar-refractivity contribution in [3.8, 4) is 11.8 Å². The van der Waals surface area contributed by atoms with E-state index in [4.69, 9.17) is 14.7 Å². The summed E-state index contributed by atoms with van der Waals surface area (Å²) in [6, 6.07) is 15.1. The van der Waals surface area contributed by atoms with E-state index in [0.29, 0.717) is 16.9 Å². The highest BCUT2D eigenvalue weighted by Gasteiger charge is 2.11. The number of carbonyl (C=O) groups is 2. The topological polar surface area (TPSA) is 76.4 Å². The van der Waals surface area contributed by atoms with Gasteiger partial charge in [0, 0.05) is 4.47 Å². The fourth-order valence-electron chi connectivity index (χ4n) is 1.93. The summed E-state index contributed by atoms with van der Waals surface area (Å²) in [5, 5.41) is 9.01. The molecule has 0 aliphatic rings. The Bertz CT molecular complexity index is 850. The van der Waals surface area contributed by atoms with Gasteiger partial charge in [0.05, 0.1) is 12.2 Å². The van der Waals surface area contributed by atoms with Crippen LogP contribution >= 0.6 is 15.9 Å². The van der Waals surface area contributed by atoms with Gasteiger partial charge < -0.3 is 9.47 Å². The standard InChI is InChI=1S/C19H14BrNO4/c1-2-24-18(22)15(12-21)10-13-6-8-17(9-7-13)25-19(23)14-4-3-5-16(20)11-14/h3-11H,2H2,1H3. The van der Waals surface area contributed by atoms with Crippen molar-refractivity contribution in [2.45, 2.75) is 6.92 Å². The Hall–Kier alpha value is -2.91. The molecule has 0 aromatic heterocycles. The number of carbonyl (C=O) groups excluding carboxylic acids is 2. The first kappa shape index (κ1) is 18.4. The van der Waals surface area contributed by atoms with Gasteiger partial charge in [0.2, 0.25) is 0 Å². The highest BCUT2D eigenvalue weighted by molar-refractivity contribution is 9.10. The van der Waals surface area contributed by atoms with Gasteiger partial charge in [-0.05, 0) is 48.9 Å². The maximum absolute atomic E-state index is 12.1. The minimum Gasteiger partial charge on any atom is -0.462 e. The monoisotopic (exact) mass is 399 g/mol. The third-order valence-corrected chi connectivity index (χ3v) is 3.57. The number of esters is 2. The van der Waals surface area contributed by atoms with E-state index >= 15 is 0 Å². The average molecular weight is 400 g/mol. The third kappa shape index (κ3) is 5.30. The smallest absolute Gasteiger partial charge is 0.348 e. The van der Waals surface area contributed by atoms with Crippen LogP contribution in [0.3, 0.4) is 0 Å². The van der Waals surface area contributed by atoms with E-state index in [1.165, 1.54) is 6.08 Å². The number of nitrogens with zero attached hydrogens (tertiary/aromatic N) is 1. The van der Waals surface area contributed by atoms with Gasteiger partial charge in [-0.1, -0.05) is 34.1 Å². The van der Waals surface area contributed by atoms with Crippen LogP contribution in [0.4, 0.5) is 0 Å². The molecule has 0 heterocycles. The summed E-state index contributed by atoms with van der Waals surface area (Å²) in [6.07, 6.45) is 1.41. The molecule has 0 aliphatic carbocycles. The first-order chi connectivity index (χ1) is 12.0. The minimum absolute atomic E-state index is 0.0965. The zero-order chi connectivity index (χ0) is 18.2. The minimum atomic E-state index is -0.671. The van der Waals surface area contributed by atoms with Gasteiger partial charge in [0.15, 0.2) is 0 Å². The van der Waals surface area contributed by atoms with Crippen LogP contribution in [0.25, 0.3) is 6.08 Å². The second kappa shape index (κ2) is 8.81. The molecule has 2 aromatic rings. The quantitative estimate of drug-likeness (QED) is 0.326. The Balaban J connectivity index is 2.10. The summed E-state index contributed by atoms with van der Waals surface area (Å²) in [7, 11) is 0. The number of hydrogen-bond donors (Lipinski definition) is 0. The number of halogens is 1. The highest BCUT2D eigenvalue weighted by atomic mass is 79.9. The number of benzene rings is 2. The zero-order valence-electron chi connectivity index (χ0n) is 13.4. The molecule has 0 N–H and O–H groups in total. The van der Waals surface area contributed by atoms with E-state index in [1.807, 2.05) is 6.07 Å². The summed E-state index contributed by atoms with van der Waals surface area (Å²) >= 11 is 3.30. The van der Waals surface area contributed by atoms with Crippen molar-refractivity contribution in [1.29, 1.82) is 5.26 Å². The fraction of sp³-hybridized carbons (Fsp3) is 0.105. The highest BCUT2D eigenvalue weighted by Crippen LogP contribution is 2.18. The predicted molar refractivity (Wildman–Crippen MR) is 95.8 cm³/mol. The van der Waals surface area contributed by atoms with Crippen molar-refractivity contribution in [2.75, 3.05) is 6.61 Å². The molecule has 0 saturated heterocycles. The van der Waals surface area contributed by atoms with E-state index in [0.717, 1.165) is 4.47 Å². The first-order valence-electron chi connectivity index (χ1n) is 7.40. The molecule has 2 aromatic carbocycles. The van der Waals surface area contributed by atoms with Gasteiger partial charge in [-0.2, -0.15) is 5.26 Å². The molecule has 25 heavy (non-hydrogen) atoms. The molecule has 0 saturated carbocycles. The van der Waals surface area contributed by atoms with Crippen molar-refractivity contribution < 1.29 is 19.1 Å². The molecular formula is C19H14BrNO4. The SMILES string of the molecule is CCOC(=O)C(C#N)=Cc1ccc(OC(=O)c2cccc(Br)c2)cc1. The molecule has 0 aliphatic heterocycles. The summed E-state index contributed by atoms with van der Waals surface area (Å²) < 4.78 is 10.9. The Kier molecular flexibility index (Phi) is 6.49. The van der Waals surface area contributed by atoms with Crippen LogP contribution < -0.4 is 4.74 Å². The lowest BCUT2D eigenvalue weighted by Crippen LogP contribution is -2.08. The second-order valence-electron chi connectivity index (χ2n) is 4.86. The molecule has 0 atom stereocenters. The lowest BCUT2D eigenvalue weighted by atomic mass is 10.1. The molecule has 0 radical (unpaired) electrons. The number of hydrogen-bond acceptors (Lipinski definition) is 5. The Labute approximate surface area is 153 Å². The molecule has 0 bridgehead atoms. The van der Waals surface area contributed by atoms with Gasteiger partial charge in [0.1, 0.15) is 17.4 Å². The molecule has 0 spiro atoms. The van der Waals surface area contributed by atoms with E-state index in [9.17, 15) is 9.59 Å². The summed E-state index contributed by atoms with van der Waals surface area (Å²) in [5.74, 6) is -0.791. The lowest BCUT2D eigenvalue weighted by Gasteiger charge is -2.05. The molecule has 5 nitrogen and oxygen atoms in total. The Morgan fingerprint density at radius 1 is 1.20 bits per heavy atom. The molecular weight excluding hydrogens is 386 g/mol. The normalized spacial score (nSPS) is 10.7. The summed E-state index contributed by atoms with van der Waals surface area (Å²) in [4.78, 5) is 23.7.